The monoisotopic (exact) mass is 452 g/mol. The van der Waals surface area contributed by atoms with Crippen LogP contribution in [-0.2, 0) is 4.79 Å². The second-order valence-electron chi connectivity index (χ2n) is 5.81. The van der Waals surface area contributed by atoms with Crippen LogP contribution in [0.1, 0.15) is 13.8 Å². The molecule has 0 saturated carbocycles. The quantitative estimate of drug-likeness (QED) is 0.378. The summed E-state index contributed by atoms with van der Waals surface area (Å²) in [6.07, 6.45) is 3.02. The van der Waals surface area contributed by atoms with Crippen LogP contribution in [0.4, 0.5) is 11.9 Å². The van der Waals surface area contributed by atoms with E-state index in [0.29, 0.717) is 26.5 Å². The van der Waals surface area contributed by atoms with Gasteiger partial charge in [0.05, 0.1) is 29.4 Å². The van der Waals surface area contributed by atoms with Crippen molar-refractivity contribution < 1.29 is 9.53 Å². The number of aromatic nitrogens is 6. The highest BCUT2D eigenvalue weighted by atomic mass is 79.9. The number of thioether (sulfide) groups is 1. The molecule has 3 heterocycles. The van der Waals surface area contributed by atoms with Crippen LogP contribution in [0.5, 0.6) is 5.88 Å². The molecule has 3 aromatic rings. The summed E-state index contributed by atoms with van der Waals surface area (Å²) < 4.78 is 5.72. The summed E-state index contributed by atoms with van der Waals surface area (Å²) in [5.74, 6) is 0.323. The van der Waals surface area contributed by atoms with Crippen LogP contribution < -0.4 is 15.8 Å². The number of nitrogens with one attached hydrogen (secondary N) is 2. The zero-order valence-corrected chi connectivity index (χ0v) is 17.1. The van der Waals surface area contributed by atoms with E-state index in [-0.39, 0.29) is 23.7 Å². The minimum absolute atomic E-state index is 0.00139. The number of imidazole rings is 1. The molecule has 1 atom stereocenters. The number of fused-ring (bicyclic) bond motifs is 1. The molecular formula is C15H17BrN8O2S. The van der Waals surface area contributed by atoms with Crippen molar-refractivity contribution in [3.63, 3.8) is 0 Å². The molecule has 0 aliphatic rings. The molecule has 0 fully saturated rings. The fraction of sp³-hybridized carbons (Fsp3) is 0.333. The van der Waals surface area contributed by atoms with Gasteiger partial charge in [0.2, 0.25) is 23.7 Å². The number of carbonyl (C=O) groups excluding carboxylic acids is 1. The van der Waals surface area contributed by atoms with Crippen molar-refractivity contribution in [2.24, 2.45) is 5.92 Å². The fourth-order valence-corrected chi connectivity index (χ4v) is 3.70. The van der Waals surface area contributed by atoms with Crippen molar-refractivity contribution in [3.8, 4) is 5.88 Å². The molecule has 0 saturated heterocycles. The Kier molecular flexibility index (Phi) is 5.75. The number of nitrogens with two attached hydrogens (primary N) is 1. The van der Waals surface area contributed by atoms with E-state index in [9.17, 15) is 4.79 Å². The van der Waals surface area contributed by atoms with Crippen molar-refractivity contribution in [3.05, 3.63) is 17.0 Å². The van der Waals surface area contributed by atoms with Crippen molar-refractivity contribution in [1.29, 1.82) is 0 Å². The number of aromatic amines is 1. The number of rotatable bonds is 6. The molecule has 0 aromatic carbocycles. The van der Waals surface area contributed by atoms with Gasteiger partial charge >= 0.3 is 0 Å². The third-order valence-corrected chi connectivity index (χ3v) is 5.59. The van der Waals surface area contributed by atoms with Crippen molar-refractivity contribution >= 4 is 56.7 Å². The number of amides is 1. The molecule has 0 aliphatic heterocycles. The van der Waals surface area contributed by atoms with Crippen LogP contribution in [0.15, 0.2) is 22.0 Å². The summed E-state index contributed by atoms with van der Waals surface area (Å²) in [6.45, 7) is 3.88. The average molecular weight is 453 g/mol. The maximum Gasteiger partial charge on any atom is 0.240 e. The molecular weight excluding hydrogens is 436 g/mol. The highest BCUT2D eigenvalue weighted by Gasteiger charge is 2.27. The summed E-state index contributed by atoms with van der Waals surface area (Å²) in [5, 5.41) is 2.80. The van der Waals surface area contributed by atoms with Gasteiger partial charge in [0, 0.05) is 0 Å². The Hall–Kier alpha value is -2.47. The normalized spacial score (nSPS) is 12.3. The molecule has 3 rings (SSSR count). The van der Waals surface area contributed by atoms with Crippen molar-refractivity contribution in [1.82, 2.24) is 29.9 Å². The maximum absolute atomic E-state index is 12.8. The zero-order chi connectivity index (χ0) is 19.6. The molecule has 142 valence electrons. The number of H-pyrrole nitrogens is 1. The molecule has 12 heteroatoms. The number of halogens is 1. The van der Waals surface area contributed by atoms with Gasteiger partial charge in [-0.25, -0.2) is 15.0 Å². The lowest BCUT2D eigenvalue weighted by atomic mass is 10.1. The third-order valence-electron chi connectivity index (χ3n) is 3.51. The summed E-state index contributed by atoms with van der Waals surface area (Å²) in [7, 11) is 1.49. The Morgan fingerprint density at radius 1 is 1.33 bits per heavy atom. The van der Waals surface area contributed by atoms with Crippen LogP contribution in [0.2, 0.25) is 0 Å². The molecule has 1 unspecified atom stereocenters. The second kappa shape index (κ2) is 8.05. The Morgan fingerprint density at radius 3 is 2.81 bits per heavy atom. The lowest BCUT2D eigenvalue weighted by molar-refractivity contribution is -0.116. The van der Waals surface area contributed by atoms with Crippen LogP contribution in [0.25, 0.3) is 11.2 Å². The van der Waals surface area contributed by atoms with E-state index >= 15 is 0 Å². The van der Waals surface area contributed by atoms with Crippen molar-refractivity contribution in [2.75, 3.05) is 18.2 Å². The standard InChI is InChI=1S/C15H17BrN8O2S/c1-6(2)9(11(25)22-15-18-4-7(16)12(23-15)26-3)27-13-8-10(20-5-19-8)21-14(17)24-13/h4-6,9H,1-3H3,(H,18,22,23,25)(H3,17,19,20,21,24). The van der Waals surface area contributed by atoms with Gasteiger partial charge in [0.1, 0.15) is 10.5 Å². The van der Waals surface area contributed by atoms with Crippen LogP contribution >= 0.6 is 27.7 Å². The Balaban J connectivity index is 1.84. The number of nitrogens with zero attached hydrogens (tertiary/aromatic N) is 5. The summed E-state index contributed by atoms with van der Waals surface area (Å²) in [5.41, 5.74) is 6.84. The predicted octanol–water partition coefficient (Wildman–Crippen LogP) is 2.25. The molecule has 0 aliphatic carbocycles. The molecule has 10 nitrogen and oxygen atoms in total. The number of carbonyl (C=O) groups is 1. The highest BCUT2D eigenvalue weighted by Crippen LogP contribution is 2.32. The van der Waals surface area contributed by atoms with Gasteiger partial charge in [0.25, 0.3) is 0 Å². The molecule has 0 radical (unpaired) electrons. The summed E-state index contributed by atoms with van der Waals surface area (Å²) in [6, 6.07) is 0. The minimum atomic E-state index is -0.468. The van der Waals surface area contributed by atoms with E-state index in [1.54, 1.807) is 0 Å². The average Bonchev–Trinajstić information content (AvgIpc) is 3.09. The van der Waals surface area contributed by atoms with E-state index in [1.165, 1.54) is 31.4 Å². The minimum Gasteiger partial charge on any atom is -0.480 e. The Bertz CT molecular complexity index is 980. The summed E-state index contributed by atoms with van der Waals surface area (Å²) in [4.78, 5) is 36.5. The Labute approximate surface area is 167 Å². The van der Waals surface area contributed by atoms with Gasteiger partial charge in [-0.3, -0.25) is 10.1 Å². The second-order valence-corrected chi connectivity index (χ2v) is 7.80. The predicted molar refractivity (Wildman–Crippen MR) is 105 cm³/mol. The molecule has 4 N–H and O–H groups in total. The lowest BCUT2D eigenvalue weighted by Crippen LogP contribution is -2.30. The first kappa shape index (κ1) is 19.3. The van der Waals surface area contributed by atoms with Crippen LogP contribution in [-0.4, -0.2) is 48.2 Å². The van der Waals surface area contributed by atoms with Gasteiger partial charge in [-0.15, -0.1) is 0 Å². The van der Waals surface area contributed by atoms with E-state index < -0.39 is 5.25 Å². The number of anilines is 2. The van der Waals surface area contributed by atoms with Crippen LogP contribution in [0, 0.1) is 5.92 Å². The third kappa shape index (κ3) is 4.27. The van der Waals surface area contributed by atoms with E-state index in [0.717, 1.165) is 0 Å². The first-order valence-electron chi connectivity index (χ1n) is 7.89. The molecule has 1 amide bonds. The van der Waals surface area contributed by atoms with Gasteiger partial charge < -0.3 is 15.5 Å². The van der Waals surface area contributed by atoms with Crippen molar-refractivity contribution in [2.45, 2.75) is 24.1 Å². The molecule has 0 spiro atoms. The number of nitrogen functional groups attached to an aromatic ring is 1. The van der Waals surface area contributed by atoms with Gasteiger partial charge in [-0.05, 0) is 21.8 Å². The smallest absolute Gasteiger partial charge is 0.240 e. The first-order chi connectivity index (χ1) is 12.9. The Morgan fingerprint density at radius 2 is 2.11 bits per heavy atom. The summed E-state index contributed by atoms with van der Waals surface area (Å²) >= 11 is 4.55. The number of hydrogen-bond donors (Lipinski definition) is 3. The van der Waals surface area contributed by atoms with Crippen LogP contribution in [0.3, 0.4) is 0 Å². The lowest BCUT2D eigenvalue weighted by Gasteiger charge is -2.19. The highest BCUT2D eigenvalue weighted by molar-refractivity contribution is 9.10. The SMILES string of the molecule is COc1nc(NC(=O)C(Sc2nc(N)nc3nc[nH]c23)C(C)C)ncc1Br. The van der Waals surface area contributed by atoms with Gasteiger partial charge in [-0.2, -0.15) is 9.97 Å². The topological polar surface area (TPSA) is 145 Å². The molecule has 0 bridgehead atoms. The van der Waals surface area contributed by atoms with E-state index in [4.69, 9.17) is 10.5 Å². The molecule has 3 aromatic heterocycles. The zero-order valence-electron chi connectivity index (χ0n) is 14.7. The van der Waals surface area contributed by atoms with Gasteiger partial charge in [0.15, 0.2) is 5.65 Å². The fourth-order valence-electron chi connectivity index (χ4n) is 2.26. The molecule has 27 heavy (non-hydrogen) atoms. The number of hydrogen-bond acceptors (Lipinski definition) is 9. The largest absolute Gasteiger partial charge is 0.480 e. The number of methoxy groups -OCH3 is 1. The maximum atomic E-state index is 12.8. The van der Waals surface area contributed by atoms with Gasteiger partial charge in [-0.1, -0.05) is 25.6 Å². The van der Waals surface area contributed by atoms with E-state index in [1.807, 2.05) is 13.8 Å². The number of ether oxygens (including phenoxy) is 1. The first-order valence-corrected chi connectivity index (χ1v) is 9.57. The van der Waals surface area contributed by atoms with E-state index in [2.05, 4.69) is 51.2 Å².